The molecule has 0 spiro atoms. The number of thiophene rings is 1. The molecule has 0 fully saturated rings. The van der Waals surface area contributed by atoms with Gasteiger partial charge in [-0.2, -0.15) is 0 Å². The van der Waals surface area contributed by atoms with E-state index in [1.807, 2.05) is 41.8 Å². The van der Waals surface area contributed by atoms with Crippen molar-refractivity contribution in [3.05, 3.63) is 41.8 Å². The molecule has 0 aliphatic rings. The van der Waals surface area contributed by atoms with Gasteiger partial charge in [0.25, 0.3) is 0 Å². The monoisotopic (exact) mass is 258 g/mol. The lowest BCUT2D eigenvalue weighted by Crippen LogP contribution is -1.98. The second-order valence-corrected chi connectivity index (χ2v) is 4.53. The third-order valence-electron chi connectivity index (χ3n) is 2.46. The normalized spacial score (nSPS) is 10.5. The molecule has 3 aromatic rings. The molecule has 1 aromatic carbocycles. The maximum absolute atomic E-state index is 5.11. The molecule has 0 saturated heterocycles. The van der Waals surface area contributed by atoms with E-state index < -0.39 is 0 Å². The summed E-state index contributed by atoms with van der Waals surface area (Å²) in [6, 6.07) is 11.4. The van der Waals surface area contributed by atoms with Gasteiger partial charge in [-0.1, -0.05) is 6.07 Å². The summed E-state index contributed by atoms with van der Waals surface area (Å²) in [6.07, 6.45) is 0. The highest BCUT2D eigenvalue weighted by atomic mass is 32.1. The Hall–Kier alpha value is -2.21. The number of rotatable bonds is 3. The molecule has 5 nitrogen and oxygen atoms in total. The predicted molar refractivity (Wildman–Crippen MR) is 69.0 cm³/mol. The molecule has 0 aliphatic heterocycles. The standard InChI is InChI=1S/C12H10N4OS/c1-17-10-6-4-9(5-7-10)16-14-12(13-15-16)11-3-2-8-18-11/h2-8H,1H3. The van der Waals surface area contributed by atoms with Gasteiger partial charge in [0, 0.05) is 0 Å². The third kappa shape index (κ3) is 1.98. The van der Waals surface area contributed by atoms with Crippen molar-refractivity contribution in [2.75, 3.05) is 7.11 Å². The van der Waals surface area contributed by atoms with Gasteiger partial charge in [-0.3, -0.25) is 0 Å². The first-order chi connectivity index (χ1) is 8.86. The first-order valence-electron chi connectivity index (χ1n) is 5.35. The van der Waals surface area contributed by atoms with Gasteiger partial charge in [-0.05, 0) is 40.9 Å². The smallest absolute Gasteiger partial charge is 0.215 e. The summed E-state index contributed by atoms with van der Waals surface area (Å²) >= 11 is 1.59. The van der Waals surface area contributed by atoms with Crippen LogP contribution in [0.2, 0.25) is 0 Å². The SMILES string of the molecule is COc1ccc(-n2nnc(-c3cccs3)n2)cc1. The van der Waals surface area contributed by atoms with Gasteiger partial charge < -0.3 is 4.74 Å². The molecule has 90 valence electrons. The molecule has 0 unspecified atom stereocenters. The fourth-order valence-corrected chi connectivity index (χ4v) is 2.19. The first-order valence-corrected chi connectivity index (χ1v) is 6.23. The molecule has 0 aliphatic carbocycles. The Morgan fingerprint density at radius 1 is 1.17 bits per heavy atom. The van der Waals surface area contributed by atoms with Crippen LogP contribution in [-0.2, 0) is 0 Å². The summed E-state index contributed by atoms with van der Waals surface area (Å²) in [5.41, 5.74) is 0.853. The van der Waals surface area contributed by atoms with Crippen LogP contribution >= 0.6 is 11.3 Å². The van der Waals surface area contributed by atoms with Crippen LogP contribution < -0.4 is 4.74 Å². The van der Waals surface area contributed by atoms with Crippen LogP contribution in [0.15, 0.2) is 41.8 Å². The van der Waals surface area contributed by atoms with Gasteiger partial charge >= 0.3 is 0 Å². The molecular formula is C12H10N4OS. The minimum Gasteiger partial charge on any atom is -0.497 e. The molecule has 0 N–H and O–H groups in total. The van der Waals surface area contributed by atoms with Crippen molar-refractivity contribution in [1.29, 1.82) is 0 Å². The zero-order chi connectivity index (χ0) is 12.4. The van der Waals surface area contributed by atoms with E-state index >= 15 is 0 Å². The van der Waals surface area contributed by atoms with Crippen molar-refractivity contribution >= 4 is 11.3 Å². The Kier molecular flexibility index (Phi) is 2.77. The van der Waals surface area contributed by atoms with Crippen LogP contribution in [0.4, 0.5) is 0 Å². The van der Waals surface area contributed by atoms with E-state index in [1.54, 1.807) is 18.4 Å². The molecule has 0 saturated carbocycles. The van der Waals surface area contributed by atoms with E-state index in [9.17, 15) is 0 Å². The number of tetrazole rings is 1. The number of ether oxygens (including phenoxy) is 1. The zero-order valence-corrected chi connectivity index (χ0v) is 10.5. The average Bonchev–Trinajstić information content (AvgIpc) is 3.09. The van der Waals surface area contributed by atoms with Crippen molar-refractivity contribution in [1.82, 2.24) is 20.2 Å². The maximum atomic E-state index is 5.11. The fourth-order valence-electron chi connectivity index (χ4n) is 1.54. The van der Waals surface area contributed by atoms with E-state index in [4.69, 9.17) is 4.74 Å². The van der Waals surface area contributed by atoms with Crippen LogP contribution in [0.1, 0.15) is 0 Å². The number of aromatic nitrogens is 4. The van der Waals surface area contributed by atoms with E-state index in [2.05, 4.69) is 15.4 Å². The summed E-state index contributed by atoms with van der Waals surface area (Å²) in [5.74, 6) is 1.44. The highest BCUT2D eigenvalue weighted by Gasteiger charge is 2.07. The minimum absolute atomic E-state index is 0.640. The van der Waals surface area contributed by atoms with Gasteiger partial charge in [-0.25, -0.2) is 0 Å². The molecule has 18 heavy (non-hydrogen) atoms. The van der Waals surface area contributed by atoms with Crippen molar-refractivity contribution in [2.45, 2.75) is 0 Å². The van der Waals surface area contributed by atoms with Crippen LogP contribution in [0.25, 0.3) is 16.4 Å². The predicted octanol–water partition coefficient (Wildman–Crippen LogP) is 2.40. The second-order valence-electron chi connectivity index (χ2n) is 3.58. The van der Waals surface area contributed by atoms with Crippen molar-refractivity contribution in [2.24, 2.45) is 0 Å². The number of nitrogens with zero attached hydrogens (tertiary/aromatic N) is 4. The largest absolute Gasteiger partial charge is 0.497 e. The van der Waals surface area contributed by atoms with Crippen LogP contribution in [0, 0.1) is 0 Å². The van der Waals surface area contributed by atoms with Crippen LogP contribution in [0.3, 0.4) is 0 Å². The zero-order valence-electron chi connectivity index (χ0n) is 9.65. The topological polar surface area (TPSA) is 52.8 Å². The third-order valence-corrected chi connectivity index (χ3v) is 3.32. The van der Waals surface area contributed by atoms with Crippen LogP contribution in [0.5, 0.6) is 5.75 Å². The maximum Gasteiger partial charge on any atom is 0.215 e. The molecule has 0 atom stereocenters. The lowest BCUT2D eigenvalue weighted by Gasteiger charge is -2.00. The Morgan fingerprint density at radius 3 is 2.67 bits per heavy atom. The van der Waals surface area contributed by atoms with E-state index in [0.717, 1.165) is 16.3 Å². The molecule has 2 aromatic heterocycles. The number of hydrogen-bond donors (Lipinski definition) is 0. The fraction of sp³-hybridized carbons (Fsp3) is 0.0833. The molecule has 6 heteroatoms. The molecule has 2 heterocycles. The van der Waals surface area contributed by atoms with Gasteiger partial charge in [0.1, 0.15) is 5.75 Å². The van der Waals surface area contributed by atoms with E-state index in [1.165, 1.54) is 4.80 Å². The summed E-state index contributed by atoms with van der Waals surface area (Å²) < 4.78 is 5.11. The molecule has 3 rings (SSSR count). The lowest BCUT2D eigenvalue weighted by atomic mass is 10.3. The first kappa shape index (κ1) is 10.9. The Balaban J connectivity index is 1.92. The molecular weight excluding hydrogens is 248 g/mol. The van der Waals surface area contributed by atoms with Gasteiger partial charge in [-0.15, -0.1) is 26.3 Å². The average molecular weight is 258 g/mol. The van der Waals surface area contributed by atoms with Gasteiger partial charge in [0.15, 0.2) is 0 Å². The Morgan fingerprint density at radius 2 is 2.00 bits per heavy atom. The lowest BCUT2D eigenvalue weighted by molar-refractivity contribution is 0.414. The molecule has 0 bridgehead atoms. The number of benzene rings is 1. The second kappa shape index (κ2) is 4.58. The molecule has 0 radical (unpaired) electrons. The summed E-state index contributed by atoms with van der Waals surface area (Å²) in [5, 5.41) is 14.4. The van der Waals surface area contributed by atoms with Crippen molar-refractivity contribution in [3.8, 4) is 22.1 Å². The quantitative estimate of drug-likeness (QED) is 0.724. The van der Waals surface area contributed by atoms with E-state index in [-0.39, 0.29) is 0 Å². The minimum atomic E-state index is 0.640. The summed E-state index contributed by atoms with van der Waals surface area (Å²) in [4.78, 5) is 2.52. The number of methoxy groups -OCH3 is 1. The highest BCUT2D eigenvalue weighted by molar-refractivity contribution is 7.13. The van der Waals surface area contributed by atoms with Gasteiger partial charge in [0.2, 0.25) is 5.82 Å². The summed E-state index contributed by atoms with van der Waals surface area (Å²) in [6.45, 7) is 0. The number of hydrogen-bond acceptors (Lipinski definition) is 5. The van der Waals surface area contributed by atoms with E-state index in [0.29, 0.717) is 5.82 Å². The van der Waals surface area contributed by atoms with Gasteiger partial charge in [0.05, 0.1) is 17.7 Å². The van der Waals surface area contributed by atoms with Crippen LogP contribution in [-0.4, -0.2) is 27.3 Å². The Labute approximate surface area is 108 Å². The Bertz CT molecular complexity index is 630. The summed E-state index contributed by atoms with van der Waals surface area (Å²) in [7, 11) is 1.64. The van der Waals surface area contributed by atoms with Crippen molar-refractivity contribution in [3.63, 3.8) is 0 Å². The van der Waals surface area contributed by atoms with Crippen molar-refractivity contribution < 1.29 is 4.74 Å². The molecule has 0 amide bonds. The highest BCUT2D eigenvalue weighted by Crippen LogP contribution is 2.20.